The van der Waals surface area contributed by atoms with Crippen molar-refractivity contribution in [3.05, 3.63) is 66.4 Å². The highest BCUT2D eigenvalue weighted by Gasteiger charge is 2.56. The van der Waals surface area contributed by atoms with Crippen LogP contribution < -0.4 is 20.0 Å². The second kappa shape index (κ2) is 11.0. The minimum Gasteiger partial charge on any atom is -0.497 e. The number of hydrazone groups is 1. The van der Waals surface area contributed by atoms with E-state index in [1.54, 1.807) is 32.9 Å². The molecule has 2 aliphatic carbocycles. The number of anilines is 3. The van der Waals surface area contributed by atoms with E-state index in [0.29, 0.717) is 12.5 Å². The summed E-state index contributed by atoms with van der Waals surface area (Å²) in [7, 11) is 5.31. The van der Waals surface area contributed by atoms with Crippen LogP contribution in [0.4, 0.5) is 17.5 Å². The summed E-state index contributed by atoms with van der Waals surface area (Å²) in [6.07, 6.45) is 10.4. The predicted molar refractivity (Wildman–Crippen MR) is 160 cm³/mol. The zero-order valence-corrected chi connectivity index (χ0v) is 24.3. The van der Waals surface area contributed by atoms with E-state index in [9.17, 15) is 9.59 Å². The van der Waals surface area contributed by atoms with Crippen molar-refractivity contribution in [3.63, 3.8) is 0 Å². The Morgan fingerprint density at radius 3 is 2.55 bits per heavy atom. The van der Waals surface area contributed by atoms with Crippen LogP contribution in [0.25, 0.3) is 0 Å². The normalized spacial score (nSPS) is 19.2. The van der Waals surface area contributed by atoms with E-state index in [4.69, 9.17) is 14.5 Å². The summed E-state index contributed by atoms with van der Waals surface area (Å²) in [6.45, 7) is 11.8. The molecule has 1 amide bonds. The molecular weight excluding hydrogens is 508 g/mol. The molecule has 214 valence electrons. The van der Waals surface area contributed by atoms with Gasteiger partial charge in [-0.2, -0.15) is 10.1 Å². The molecule has 40 heavy (non-hydrogen) atoms. The minimum atomic E-state index is -0.740. The number of hydrogen-bond donors (Lipinski definition) is 1. The van der Waals surface area contributed by atoms with E-state index in [0.717, 1.165) is 17.9 Å². The number of rotatable bonds is 10. The first-order valence-corrected chi connectivity index (χ1v) is 13.3. The average molecular weight is 549 g/mol. The van der Waals surface area contributed by atoms with Gasteiger partial charge >= 0.3 is 5.97 Å². The summed E-state index contributed by atoms with van der Waals surface area (Å²) in [4.78, 5) is 33.4. The smallest absolute Gasteiger partial charge is 0.359 e. The first-order valence-electron chi connectivity index (χ1n) is 13.3. The standard InChI is InChI=1S/C30H38N6O4.H2/c1-9-35(22-13-15-23(39-8)16-14-22)31-19-20(2)26(37)32-25-24(27(38)40-29(3,4)5)36(28(33-25)34(6)7)30-17-11-10-12-21(30)18-30;/h10-17,19,21H,2,9,18H2,1,3-8H3,(H,32,37);1H/b31-19-;. The van der Waals surface area contributed by atoms with Gasteiger partial charge in [-0.05, 0) is 58.4 Å². The molecule has 10 heteroatoms. The number of hydrogen-bond acceptors (Lipinski definition) is 8. The summed E-state index contributed by atoms with van der Waals surface area (Å²) in [5.74, 6) is 0.509. The maximum Gasteiger partial charge on any atom is 0.359 e. The number of aromatic nitrogens is 2. The molecule has 1 N–H and O–H groups in total. The number of imidazole rings is 1. The number of carbonyl (C=O) groups excluding carboxylic acids is 2. The number of allylic oxidation sites excluding steroid dienone is 4. The Bertz CT molecular complexity index is 1390. The number of benzene rings is 1. The van der Waals surface area contributed by atoms with Crippen LogP contribution in [0.1, 0.15) is 46.0 Å². The van der Waals surface area contributed by atoms with Crippen LogP contribution in [0.2, 0.25) is 0 Å². The van der Waals surface area contributed by atoms with E-state index in [2.05, 4.69) is 29.1 Å². The van der Waals surface area contributed by atoms with Gasteiger partial charge in [-0.3, -0.25) is 14.4 Å². The fraction of sp³-hybridized carbons (Fsp3) is 0.400. The van der Waals surface area contributed by atoms with Gasteiger partial charge < -0.3 is 19.7 Å². The van der Waals surface area contributed by atoms with Gasteiger partial charge in [-0.25, -0.2) is 4.79 Å². The summed E-state index contributed by atoms with van der Waals surface area (Å²) in [5.41, 5.74) is -0.0638. The van der Waals surface area contributed by atoms with Crippen molar-refractivity contribution in [2.24, 2.45) is 11.0 Å². The Labute approximate surface area is 237 Å². The Morgan fingerprint density at radius 1 is 1.27 bits per heavy atom. The van der Waals surface area contributed by atoms with Crippen molar-refractivity contribution in [1.82, 2.24) is 9.55 Å². The minimum absolute atomic E-state index is 0. The lowest BCUT2D eigenvalue weighted by atomic mass is 10.1. The van der Waals surface area contributed by atoms with Gasteiger partial charge in [0.25, 0.3) is 5.91 Å². The summed E-state index contributed by atoms with van der Waals surface area (Å²) < 4.78 is 12.9. The van der Waals surface area contributed by atoms with E-state index in [-0.39, 0.29) is 24.4 Å². The summed E-state index contributed by atoms with van der Waals surface area (Å²) in [6, 6.07) is 7.44. The van der Waals surface area contributed by atoms with Crippen LogP contribution in [-0.4, -0.2) is 61.0 Å². The van der Waals surface area contributed by atoms with Gasteiger partial charge in [-0.15, -0.1) is 0 Å². The van der Waals surface area contributed by atoms with Gasteiger partial charge in [0.1, 0.15) is 11.4 Å². The van der Waals surface area contributed by atoms with Crippen LogP contribution in [0.5, 0.6) is 5.75 Å². The molecule has 2 atom stereocenters. The molecule has 2 unspecified atom stereocenters. The van der Waals surface area contributed by atoms with Gasteiger partial charge in [-0.1, -0.05) is 30.9 Å². The number of esters is 1. The van der Waals surface area contributed by atoms with Crippen LogP contribution >= 0.6 is 0 Å². The molecule has 2 aliphatic rings. The fourth-order valence-electron chi connectivity index (χ4n) is 4.65. The Balaban J connectivity index is 0.00000462. The molecule has 1 saturated carbocycles. The highest BCUT2D eigenvalue weighted by atomic mass is 16.6. The van der Waals surface area contributed by atoms with Crippen LogP contribution in [0, 0.1) is 5.92 Å². The first kappa shape index (κ1) is 28.7. The third-order valence-corrected chi connectivity index (χ3v) is 6.68. The van der Waals surface area contributed by atoms with E-state index in [1.807, 2.05) is 66.9 Å². The van der Waals surface area contributed by atoms with E-state index in [1.165, 1.54) is 6.21 Å². The maximum atomic E-state index is 13.6. The van der Waals surface area contributed by atoms with Gasteiger partial charge in [0.2, 0.25) is 5.95 Å². The highest BCUT2D eigenvalue weighted by molar-refractivity contribution is 6.18. The molecule has 10 nitrogen and oxygen atoms in total. The molecule has 1 aromatic heterocycles. The third kappa shape index (κ3) is 5.80. The molecule has 0 bridgehead atoms. The van der Waals surface area contributed by atoms with Gasteiger partial charge in [0.05, 0.1) is 30.1 Å². The molecular formula is C30H40N6O4. The van der Waals surface area contributed by atoms with Crippen molar-refractivity contribution >= 4 is 35.5 Å². The molecule has 0 radical (unpaired) electrons. The summed E-state index contributed by atoms with van der Waals surface area (Å²) in [5, 5.41) is 8.98. The zero-order valence-electron chi connectivity index (χ0n) is 24.3. The van der Waals surface area contributed by atoms with Crippen LogP contribution in [0.3, 0.4) is 0 Å². The molecule has 0 spiro atoms. The van der Waals surface area contributed by atoms with E-state index >= 15 is 0 Å². The number of nitrogens with zero attached hydrogens (tertiary/aromatic N) is 5. The van der Waals surface area contributed by atoms with Crippen molar-refractivity contribution in [2.45, 2.75) is 45.3 Å². The van der Waals surface area contributed by atoms with Gasteiger partial charge in [0.15, 0.2) is 11.5 Å². The lowest BCUT2D eigenvalue weighted by Crippen LogP contribution is -2.31. The lowest BCUT2D eigenvalue weighted by Gasteiger charge is -2.26. The number of nitrogens with one attached hydrogen (secondary N) is 1. The molecule has 0 saturated heterocycles. The van der Waals surface area contributed by atoms with Gasteiger partial charge in [0, 0.05) is 28.0 Å². The van der Waals surface area contributed by atoms with Crippen LogP contribution in [-0.2, 0) is 15.1 Å². The Morgan fingerprint density at radius 2 is 1.98 bits per heavy atom. The monoisotopic (exact) mass is 548 g/mol. The van der Waals surface area contributed by atoms with Crippen LogP contribution in [0.15, 0.2) is 65.8 Å². The topological polar surface area (TPSA) is 101 Å². The molecule has 1 aromatic carbocycles. The quantitative estimate of drug-likeness (QED) is 0.193. The molecule has 4 rings (SSSR count). The second-order valence-electron chi connectivity index (χ2n) is 11.0. The summed E-state index contributed by atoms with van der Waals surface area (Å²) >= 11 is 0. The SMILES string of the molecule is C=C(/C=N\N(CC)c1ccc(OC)cc1)C(=O)Nc1nc(N(C)C)n(C23C=CC=CC2C3)c1C(=O)OC(C)(C)C.[HH]. The fourth-order valence-corrected chi connectivity index (χ4v) is 4.65. The third-order valence-electron chi connectivity index (χ3n) is 6.68. The Kier molecular flexibility index (Phi) is 7.91. The number of fused-ring (bicyclic) bond motifs is 1. The Hall–Kier alpha value is -4.34. The molecule has 1 heterocycles. The first-order chi connectivity index (χ1) is 18.9. The highest BCUT2D eigenvalue weighted by Crippen LogP contribution is 2.56. The largest absolute Gasteiger partial charge is 0.497 e. The second-order valence-corrected chi connectivity index (χ2v) is 11.0. The van der Waals surface area contributed by atoms with Crippen molar-refractivity contribution < 1.29 is 20.5 Å². The molecule has 1 fully saturated rings. The predicted octanol–water partition coefficient (Wildman–Crippen LogP) is 5.01. The molecule has 0 aliphatic heterocycles. The number of methoxy groups -OCH3 is 1. The van der Waals surface area contributed by atoms with Crippen molar-refractivity contribution in [2.75, 3.05) is 43.0 Å². The maximum absolute atomic E-state index is 13.6. The zero-order chi connectivity index (χ0) is 29.2. The number of carbonyl (C=O) groups is 2. The average Bonchev–Trinajstić information content (AvgIpc) is 3.53. The number of amides is 1. The molecule has 2 aromatic rings. The van der Waals surface area contributed by atoms with E-state index < -0.39 is 23.0 Å². The number of ether oxygens (including phenoxy) is 2. The lowest BCUT2D eigenvalue weighted by molar-refractivity contribution is -0.112. The van der Waals surface area contributed by atoms with Crippen molar-refractivity contribution in [3.8, 4) is 5.75 Å². The van der Waals surface area contributed by atoms with Crippen molar-refractivity contribution in [1.29, 1.82) is 0 Å².